The van der Waals surface area contributed by atoms with Crippen molar-refractivity contribution in [3.8, 4) is 28.4 Å². The molecule has 3 aromatic carbocycles. The van der Waals surface area contributed by atoms with E-state index in [-0.39, 0.29) is 18.8 Å². The molecule has 0 atom stereocenters. The summed E-state index contributed by atoms with van der Waals surface area (Å²) in [6.45, 7) is 1.47. The molecule has 1 N–H and O–H groups in total. The maximum Gasteiger partial charge on any atom is 0.304 e. The van der Waals surface area contributed by atoms with Crippen LogP contribution >= 0.6 is 0 Å². The van der Waals surface area contributed by atoms with Crippen molar-refractivity contribution >= 4 is 15.8 Å². The summed E-state index contributed by atoms with van der Waals surface area (Å²) in [5, 5.41) is 9.24. The van der Waals surface area contributed by atoms with Gasteiger partial charge >= 0.3 is 5.97 Å². The molecule has 1 saturated heterocycles. The van der Waals surface area contributed by atoms with E-state index in [2.05, 4.69) is 0 Å². The van der Waals surface area contributed by atoms with E-state index >= 15 is 0 Å². The summed E-state index contributed by atoms with van der Waals surface area (Å²) >= 11 is 0. The second-order valence-electron chi connectivity index (χ2n) is 9.55. The molecule has 0 spiro atoms. The maximum atomic E-state index is 11.3. The summed E-state index contributed by atoms with van der Waals surface area (Å²) in [4.78, 5) is 11.3. The Hall–Kier alpha value is -3.56. The first-order chi connectivity index (χ1) is 18.2. The van der Waals surface area contributed by atoms with Crippen molar-refractivity contribution in [3.05, 3.63) is 77.9 Å². The molecule has 38 heavy (non-hydrogen) atoms. The molecule has 3 aromatic rings. The minimum absolute atomic E-state index is 0.0427. The van der Waals surface area contributed by atoms with Crippen LogP contribution in [0.25, 0.3) is 11.1 Å². The summed E-state index contributed by atoms with van der Waals surface area (Å²) in [5.74, 6) is 1.07. The van der Waals surface area contributed by atoms with Crippen molar-refractivity contribution in [2.24, 2.45) is 0 Å². The minimum Gasteiger partial charge on any atom is -0.493 e. The topological polar surface area (TPSA) is 108 Å². The van der Waals surface area contributed by atoms with Gasteiger partial charge in [-0.05, 0) is 59.0 Å². The molecular weight excluding hydrogens is 508 g/mol. The first-order valence-electron chi connectivity index (χ1n) is 12.3. The average molecular weight is 541 g/mol. The van der Waals surface area contributed by atoms with Crippen LogP contribution in [0.2, 0.25) is 0 Å². The van der Waals surface area contributed by atoms with Crippen LogP contribution in [0.1, 0.15) is 24.0 Å². The highest BCUT2D eigenvalue weighted by molar-refractivity contribution is 7.90. The second-order valence-corrected chi connectivity index (χ2v) is 11.8. The number of sulfone groups is 1. The zero-order chi connectivity index (χ0) is 27.2. The fourth-order valence-corrected chi connectivity index (χ4v) is 5.03. The third-order valence-corrected chi connectivity index (χ3v) is 7.49. The van der Waals surface area contributed by atoms with Crippen LogP contribution in [0.4, 0.5) is 0 Å². The SMILES string of the molecule is COc1cc(-c2cccc(COc3ccc(C4(CC(=O)O)COC4)cc3)c2)ccc1OCCCS(C)(=O)=O. The van der Waals surface area contributed by atoms with Crippen molar-refractivity contribution in [2.45, 2.75) is 24.9 Å². The Morgan fingerprint density at radius 3 is 2.34 bits per heavy atom. The molecule has 0 radical (unpaired) electrons. The Morgan fingerprint density at radius 2 is 1.71 bits per heavy atom. The predicted octanol–water partition coefficient (Wildman–Crippen LogP) is 4.50. The van der Waals surface area contributed by atoms with Gasteiger partial charge < -0.3 is 24.1 Å². The minimum atomic E-state index is -3.02. The van der Waals surface area contributed by atoms with Gasteiger partial charge in [0.2, 0.25) is 0 Å². The van der Waals surface area contributed by atoms with Gasteiger partial charge in [-0.15, -0.1) is 0 Å². The zero-order valence-electron chi connectivity index (χ0n) is 21.5. The van der Waals surface area contributed by atoms with Gasteiger partial charge in [0.15, 0.2) is 11.5 Å². The number of rotatable bonds is 13. The number of aliphatic carboxylic acids is 1. The van der Waals surface area contributed by atoms with Gasteiger partial charge in [0.1, 0.15) is 22.2 Å². The number of carboxylic acid groups (broad SMARTS) is 1. The lowest BCUT2D eigenvalue weighted by Crippen LogP contribution is -2.48. The van der Waals surface area contributed by atoms with E-state index in [1.807, 2.05) is 66.7 Å². The van der Waals surface area contributed by atoms with Gasteiger partial charge in [0.05, 0.1) is 44.5 Å². The summed E-state index contributed by atoms with van der Waals surface area (Å²) in [5.41, 5.74) is 3.40. The second kappa shape index (κ2) is 11.9. The number of ether oxygens (including phenoxy) is 4. The molecule has 0 unspecified atom stereocenters. The van der Waals surface area contributed by atoms with Crippen molar-refractivity contribution in [1.82, 2.24) is 0 Å². The number of hydrogen-bond donors (Lipinski definition) is 1. The van der Waals surface area contributed by atoms with E-state index in [9.17, 15) is 18.3 Å². The van der Waals surface area contributed by atoms with Crippen molar-refractivity contribution < 1.29 is 37.3 Å². The van der Waals surface area contributed by atoms with Gasteiger partial charge in [-0.1, -0.05) is 36.4 Å². The number of carboxylic acids is 1. The monoisotopic (exact) mass is 540 g/mol. The highest BCUT2D eigenvalue weighted by Crippen LogP contribution is 2.37. The molecule has 1 aliphatic heterocycles. The first kappa shape index (κ1) is 27.5. The molecule has 0 aromatic heterocycles. The summed E-state index contributed by atoms with van der Waals surface area (Å²) < 4.78 is 45.1. The standard InChI is InChI=1S/C29H32O8S/c1-34-27-16-23(7-12-26(27)36-13-4-14-38(2,32)33)22-6-3-5-21(15-22)18-37-25-10-8-24(9-11-25)29(17-28(30)31)19-35-20-29/h3,5-12,15-16H,4,13-14,17-20H2,1-2H3,(H,30,31). The lowest BCUT2D eigenvalue weighted by molar-refractivity contribution is -0.145. The Balaban J connectivity index is 1.38. The Labute approximate surface area is 223 Å². The molecular formula is C29H32O8S. The molecule has 0 bridgehead atoms. The van der Waals surface area contributed by atoms with Crippen LogP contribution in [0.15, 0.2) is 66.7 Å². The third kappa shape index (κ3) is 7.05. The summed E-state index contributed by atoms with van der Waals surface area (Å²) in [7, 11) is -1.45. The first-order valence-corrected chi connectivity index (χ1v) is 14.3. The zero-order valence-corrected chi connectivity index (χ0v) is 22.3. The fourth-order valence-electron chi connectivity index (χ4n) is 4.39. The Morgan fingerprint density at radius 1 is 0.974 bits per heavy atom. The molecule has 9 heteroatoms. The molecule has 4 rings (SSSR count). The quantitative estimate of drug-likeness (QED) is 0.316. The molecule has 1 aliphatic rings. The molecule has 0 aliphatic carbocycles. The molecule has 0 amide bonds. The van der Waals surface area contributed by atoms with E-state index in [1.165, 1.54) is 6.26 Å². The van der Waals surface area contributed by atoms with Crippen LogP contribution in [0.5, 0.6) is 17.2 Å². The lowest BCUT2D eigenvalue weighted by Gasteiger charge is -2.40. The predicted molar refractivity (Wildman–Crippen MR) is 144 cm³/mol. The van der Waals surface area contributed by atoms with Crippen molar-refractivity contribution in [2.75, 3.05) is 38.9 Å². The van der Waals surface area contributed by atoms with Crippen LogP contribution < -0.4 is 14.2 Å². The van der Waals surface area contributed by atoms with Crippen LogP contribution in [0, 0.1) is 0 Å². The highest BCUT2D eigenvalue weighted by Gasteiger charge is 2.42. The molecule has 8 nitrogen and oxygen atoms in total. The normalized spacial score (nSPS) is 14.4. The van der Waals surface area contributed by atoms with Gasteiger partial charge in [0.25, 0.3) is 0 Å². The average Bonchev–Trinajstić information content (AvgIpc) is 2.87. The van der Waals surface area contributed by atoms with E-state index in [4.69, 9.17) is 18.9 Å². The number of benzene rings is 3. The Bertz CT molecular complexity index is 1360. The number of methoxy groups -OCH3 is 1. The third-order valence-electron chi connectivity index (χ3n) is 6.46. The Kier molecular flexibility index (Phi) is 8.58. The van der Waals surface area contributed by atoms with Gasteiger partial charge in [0, 0.05) is 6.26 Å². The smallest absolute Gasteiger partial charge is 0.304 e. The van der Waals surface area contributed by atoms with Gasteiger partial charge in [-0.25, -0.2) is 8.42 Å². The van der Waals surface area contributed by atoms with E-state index in [0.717, 1.165) is 22.3 Å². The maximum absolute atomic E-state index is 11.3. The molecule has 1 heterocycles. The van der Waals surface area contributed by atoms with Crippen LogP contribution in [0.3, 0.4) is 0 Å². The van der Waals surface area contributed by atoms with Crippen LogP contribution in [-0.2, 0) is 31.4 Å². The van der Waals surface area contributed by atoms with Crippen LogP contribution in [-0.4, -0.2) is 58.4 Å². The summed E-state index contributed by atoms with van der Waals surface area (Å²) in [6.07, 6.45) is 1.66. The van der Waals surface area contributed by atoms with E-state index in [1.54, 1.807) is 7.11 Å². The molecule has 0 saturated carbocycles. The van der Waals surface area contributed by atoms with Gasteiger partial charge in [-0.3, -0.25) is 4.79 Å². The number of hydrogen-bond acceptors (Lipinski definition) is 7. The highest BCUT2D eigenvalue weighted by atomic mass is 32.2. The number of carbonyl (C=O) groups is 1. The van der Waals surface area contributed by atoms with Crippen molar-refractivity contribution in [1.29, 1.82) is 0 Å². The molecule has 1 fully saturated rings. The fraction of sp³-hybridized carbons (Fsp3) is 0.345. The van der Waals surface area contributed by atoms with Crippen molar-refractivity contribution in [3.63, 3.8) is 0 Å². The van der Waals surface area contributed by atoms with E-state index < -0.39 is 21.2 Å². The lowest BCUT2D eigenvalue weighted by atomic mass is 9.76. The van der Waals surface area contributed by atoms with E-state index in [0.29, 0.717) is 43.5 Å². The summed E-state index contributed by atoms with van der Waals surface area (Å²) in [6, 6.07) is 21.2. The van der Waals surface area contributed by atoms with Gasteiger partial charge in [-0.2, -0.15) is 0 Å². The largest absolute Gasteiger partial charge is 0.493 e. The molecule has 202 valence electrons.